The lowest BCUT2D eigenvalue weighted by Crippen LogP contribution is -2.24. The Morgan fingerprint density at radius 2 is 1.90 bits per heavy atom. The molecule has 0 spiro atoms. The molecule has 6 heteroatoms. The monoisotopic (exact) mass is 349 g/mol. The molecule has 1 aromatic heterocycles. The molecule has 5 nitrogen and oxygen atoms in total. The number of nitrogen functional groups attached to an aromatic ring is 1. The minimum Gasteiger partial charge on any atom is -0.398 e. The standard InChI is InChI=1S/C15H20BrN5/c1-9-6-10(2)8-11(7-9)21-15(18-19-20-21)12-4-3-5-13(17)14(12)16/h3-5,9-11H,6-8,17H2,1-2H3. The second kappa shape index (κ2) is 5.75. The fourth-order valence-corrected chi connectivity index (χ4v) is 3.89. The van der Waals surface area contributed by atoms with Crippen molar-refractivity contribution in [3.05, 3.63) is 22.7 Å². The van der Waals surface area contributed by atoms with Gasteiger partial charge in [-0.05, 0) is 69.6 Å². The number of halogens is 1. The van der Waals surface area contributed by atoms with Crippen molar-refractivity contribution < 1.29 is 0 Å². The van der Waals surface area contributed by atoms with E-state index < -0.39 is 0 Å². The maximum absolute atomic E-state index is 5.97. The summed E-state index contributed by atoms with van der Waals surface area (Å²) < 4.78 is 2.84. The summed E-state index contributed by atoms with van der Waals surface area (Å²) in [6.07, 6.45) is 3.54. The van der Waals surface area contributed by atoms with Gasteiger partial charge < -0.3 is 5.73 Å². The van der Waals surface area contributed by atoms with E-state index in [1.807, 2.05) is 22.9 Å². The summed E-state index contributed by atoms with van der Waals surface area (Å²) >= 11 is 3.55. The maximum Gasteiger partial charge on any atom is 0.183 e. The highest BCUT2D eigenvalue weighted by atomic mass is 79.9. The molecular weight excluding hydrogens is 330 g/mol. The molecule has 112 valence electrons. The number of nitrogens with zero attached hydrogens (tertiary/aromatic N) is 4. The first kappa shape index (κ1) is 14.5. The van der Waals surface area contributed by atoms with Crippen LogP contribution in [-0.4, -0.2) is 20.2 Å². The van der Waals surface area contributed by atoms with Gasteiger partial charge >= 0.3 is 0 Å². The molecule has 1 heterocycles. The number of anilines is 1. The van der Waals surface area contributed by atoms with E-state index >= 15 is 0 Å². The van der Waals surface area contributed by atoms with Crippen LogP contribution in [0.2, 0.25) is 0 Å². The molecule has 0 aliphatic heterocycles. The van der Waals surface area contributed by atoms with Crippen molar-refractivity contribution in [3.63, 3.8) is 0 Å². The summed E-state index contributed by atoms with van der Waals surface area (Å²) in [7, 11) is 0. The number of hydrogen-bond donors (Lipinski definition) is 1. The zero-order valence-corrected chi connectivity index (χ0v) is 13.9. The van der Waals surface area contributed by atoms with Crippen LogP contribution in [0.4, 0.5) is 5.69 Å². The van der Waals surface area contributed by atoms with Gasteiger partial charge in [-0.15, -0.1) is 5.10 Å². The number of rotatable bonds is 2. The van der Waals surface area contributed by atoms with E-state index in [0.717, 1.165) is 28.7 Å². The topological polar surface area (TPSA) is 69.6 Å². The molecule has 2 atom stereocenters. The van der Waals surface area contributed by atoms with Crippen LogP contribution >= 0.6 is 15.9 Å². The van der Waals surface area contributed by atoms with Crippen LogP contribution in [-0.2, 0) is 0 Å². The van der Waals surface area contributed by atoms with Crippen molar-refractivity contribution >= 4 is 21.6 Å². The molecule has 1 aliphatic carbocycles. The average Bonchev–Trinajstić information content (AvgIpc) is 2.90. The first-order valence-electron chi connectivity index (χ1n) is 7.38. The van der Waals surface area contributed by atoms with E-state index in [9.17, 15) is 0 Å². The van der Waals surface area contributed by atoms with Gasteiger partial charge in [0.25, 0.3) is 0 Å². The quantitative estimate of drug-likeness (QED) is 0.839. The van der Waals surface area contributed by atoms with Crippen LogP contribution < -0.4 is 5.73 Å². The number of benzene rings is 1. The van der Waals surface area contributed by atoms with Gasteiger partial charge in [0.2, 0.25) is 0 Å². The van der Waals surface area contributed by atoms with Crippen molar-refractivity contribution in [1.29, 1.82) is 0 Å². The molecule has 1 aliphatic rings. The molecule has 1 aromatic carbocycles. The molecule has 2 N–H and O–H groups in total. The molecule has 3 rings (SSSR count). The largest absolute Gasteiger partial charge is 0.398 e. The molecule has 2 unspecified atom stereocenters. The van der Waals surface area contributed by atoms with E-state index in [1.165, 1.54) is 6.42 Å². The summed E-state index contributed by atoms with van der Waals surface area (Å²) in [5.74, 6) is 2.21. The molecule has 0 saturated heterocycles. The van der Waals surface area contributed by atoms with Gasteiger partial charge in [0.15, 0.2) is 5.82 Å². The Labute approximate surface area is 133 Å². The van der Waals surface area contributed by atoms with Gasteiger partial charge in [-0.3, -0.25) is 0 Å². The lowest BCUT2D eigenvalue weighted by Gasteiger charge is -2.31. The zero-order chi connectivity index (χ0) is 15.0. The van der Waals surface area contributed by atoms with E-state index in [-0.39, 0.29) is 0 Å². The summed E-state index contributed by atoms with van der Waals surface area (Å²) in [6.45, 7) is 4.62. The summed E-state index contributed by atoms with van der Waals surface area (Å²) in [6, 6.07) is 6.16. The van der Waals surface area contributed by atoms with Gasteiger partial charge in [-0.1, -0.05) is 19.9 Å². The molecule has 1 fully saturated rings. The Bertz CT molecular complexity index is 629. The molecule has 0 amide bonds. The zero-order valence-electron chi connectivity index (χ0n) is 12.3. The number of hydrogen-bond acceptors (Lipinski definition) is 4. The number of aromatic nitrogens is 4. The highest BCUT2D eigenvalue weighted by molar-refractivity contribution is 9.10. The number of nitrogens with two attached hydrogens (primary N) is 1. The molecule has 0 radical (unpaired) electrons. The SMILES string of the molecule is CC1CC(C)CC(n2nnnc2-c2cccc(N)c2Br)C1. The number of tetrazole rings is 1. The van der Waals surface area contributed by atoms with Crippen LogP contribution in [0.25, 0.3) is 11.4 Å². The van der Waals surface area contributed by atoms with Gasteiger partial charge in [0.1, 0.15) is 0 Å². The Kier molecular flexibility index (Phi) is 3.97. The maximum atomic E-state index is 5.97. The van der Waals surface area contributed by atoms with Crippen LogP contribution in [0.3, 0.4) is 0 Å². The van der Waals surface area contributed by atoms with Crippen molar-refractivity contribution in [2.24, 2.45) is 11.8 Å². The Morgan fingerprint density at radius 1 is 1.19 bits per heavy atom. The van der Waals surface area contributed by atoms with Crippen LogP contribution in [0.5, 0.6) is 0 Å². The summed E-state index contributed by atoms with van der Waals surface area (Å²) in [4.78, 5) is 0. The van der Waals surface area contributed by atoms with Crippen LogP contribution in [0.1, 0.15) is 39.2 Å². The fourth-order valence-electron chi connectivity index (χ4n) is 3.44. The van der Waals surface area contributed by atoms with Crippen molar-refractivity contribution in [3.8, 4) is 11.4 Å². The molecular formula is C15H20BrN5. The highest BCUT2D eigenvalue weighted by Gasteiger charge is 2.28. The predicted molar refractivity (Wildman–Crippen MR) is 86.6 cm³/mol. The van der Waals surface area contributed by atoms with E-state index in [4.69, 9.17) is 5.73 Å². The summed E-state index contributed by atoms with van der Waals surface area (Å²) in [5.41, 5.74) is 7.63. The first-order chi connectivity index (χ1) is 10.1. The Morgan fingerprint density at radius 3 is 2.62 bits per heavy atom. The van der Waals surface area contributed by atoms with Crippen LogP contribution in [0, 0.1) is 11.8 Å². The first-order valence-corrected chi connectivity index (χ1v) is 8.17. The second-order valence-electron chi connectivity index (χ2n) is 6.23. The molecule has 0 bridgehead atoms. The normalized spacial score (nSPS) is 26.0. The average molecular weight is 350 g/mol. The van der Waals surface area contributed by atoms with Crippen LogP contribution in [0.15, 0.2) is 22.7 Å². The Balaban J connectivity index is 1.99. The second-order valence-corrected chi connectivity index (χ2v) is 7.02. The molecule has 2 aromatic rings. The minimum absolute atomic E-state index is 0.363. The summed E-state index contributed by atoms with van der Waals surface area (Å²) in [5, 5.41) is 12.4. The third-order valence-electron chi connectivity index (χ3n) is 4.26. The van der Waals surface area contributed by atoms with E-state index in [0.29, 0.717) is 23.6 Å². The van der Waals surface area contributed by atoms with Crippen molar-refractivity contribution in [1.82, 2.24) is 20.2 Å². The Hall–Kier alpha value is -1.43. The molecule has 21 heavy (non-hydrogen) atoms. The minimum atomic E-state index is 0.363. The van der Waals surface area contributed by atoms with Gasteiger partial charge in [0.05, 0.1) is 10.5 Å². The van der Waals surface area contributed by atoms with Gasteiger partial charge in [-0.25, -0.2) is 4.68 Å². The molecule has 1 saturated carbocycles. The lowest BCUT2D eigenvalue weighted by molar-refractivity contribution is 0.209. The van der Waals surface area contributed by atoms with Crippen molar-refractivity contribution in [2.45, 2.75) is 39.2 Å². The van der Waals surface area contributed by atoms with E-state index in [1.54, 1.807) is 0 Å². The third-order valence-corrected chi connectivity index (χ3v) is 5.15. The third kappa shape index (κ3) is 2.81. The predicted octanol–water partition coefficient (Wildman–Crippen LogP) is 3.68. The van der Waals surface area contributed by atoms with Crippen molar-refractivity contribution in [2.75, 3.05) is 5.73 Å². The van der Waals surface area contributed by atoms with E-state index in [2.05, 4.69) is 45.3 Å². The van der Waals surface area contributed by atoms with Gasteiger partial charge in [-0.2, -0.15) is 0 Å². The lowest BCUT2D eigenvalue weighted by atomic mass is 9.80. The van der Waals surface area contributed by atoms with Gasteiger partial charge in [0, 0.05) is 11.3 Å². The fraction of sp³-hybridized carbons (Fsp3) is 0.533. The highest BCUT2D eigenvalue weighted by Crippen LogP contribution is 2.38. The smallest absolute Gasteiger partial charge is 0.183 e.